The van der Waals surface area contributed by atoms with E-state index in [1.807, 2.05) is 18.2 Å². The number of halogens is 1. The van der Waals surface area contributed by atoms with Gasteiger partial charge in [-0.3, -0.25) is 9.98 Å². The van der Waals surface area contributed by atoms with Crippen molar-refractivity contribution < 1.29 is 0 Å². The fourth-order valence-electron chi connectivity index (χ4n) is 1.03. The van der Waals surface area contributed by atoms with Gasteiger partial charge in [-0.1, -0.05) is 12.0 Å². The number of terminal acetylenes is 1. The maximum atomic E-state index is 5.55. The van der Waals surface area contributed by atoms with Gasteiger partial charge in [0.05, 0.1) is 6.54 Å². The number of hydrogen-bond acceptors (Lipinski definition) is 2. The van der Waals surface area contributed by atoms with Gasteiger partial charge in [0.15, 0.2) is 5.96 Å². The summed E-state index contributed by atoms with van der Waals surface area (Å²) in [6, 6.07) is 5.79. The molecule has 0 bridgehead atoms. The average Bonchev–Trinajstić information content (AvgIpc) is 2.28. The highest BCUT2D eigenvalue weighted by Crippen LogP contribution is 1.94. The van der Waals surface area contributed by atoms with Crippen LogP contribution in [-0.2, 0) is 6.42 Å². The molecule has 16 heavy (non-hydrogen) atoms. The van der Waals surface area contributed by atoms with E-state index in [-0.39, 0.29) is 24.0 Å². The van der Waals surface area contributed by atoms with Crippen LogP contribution in [0.4, 0.5) is 0 Å². The van der Waals surface area contributed by atoms with Crippen LogP contribution in [0, 0.1) is 12.3 Å². The van der Waals surface area contributed by atoms with Crippen LogP contribution in [0.3, 0.4) is 0 Å². The summed E-state index contributed by atoms with van der Waals surface area (Å²) in [5.41, 5.74) is 6.55. The third-order valence-corrected chi connectivity index (χ3v) is 1.75. The summed E-state index contributed by atoms with van der Waals surface area (Å²) in [5.74, 6) is 2.80. The van der Waals surface area contributed by atoms with Gasteiger partial charge >= 0.3 is 0 Å². The van der Waals surface area contributed by atoms with Crippen LogP contribution in [-0.4, -0.2) is 24.0 Å². The molecule has 0 atom stereocenters. The lowest BCUT2D eigenvalue weighted by Gasteiger charge is -2.01. The third kappa shape index (κ3) is 6.24. The third-order valence-electron chi connectivity index (χ3n) is 1.75. The van der Waals surface area contributed by atoms with Crippen molar-refractivity contribution in [1.29, 1.82) is 0 Å². The first-order chi connectivity index (χ1) is 7.33. The van der Waals surface area contributed by atoms with Crippen molar-refractivity contribution in [2.45, 2.75) is 6.42 Å². The van der Waals surface area contributed by atoms with E-state index in [0.717, 1.165) is 12.1 Å². The van der Waals surface area contributed by atoms with Crippen molar-refractivity contribution in [3.8, 4) is 12.3 Å². The summed E-state index contributed by atoms with van der Waals surface area (Å²) in [6.45, 7) is 1.01. The minimum atomic E-state index is 0. The first-order valence-corrected chi connectivity index (χ1v) is 4.70. The van der Waals surface area contributed by atoms with E-state index >= 15 is 0 Å². The summed E-state index contributed by atoms with van der Waals surface area (Å²) >= 11 is 0. The second-order valence-corrected chi connectivity index (χ2v) is 2.90. The zero-order chi connectivity index (χ0) is 10.9. The van der Waals surface area contributed by atoms with Crippen LogP contribution in [0.5, 0.6) is 0 Å². The lowest BCUT2D eigenvalue weighted by Crippen LogP contribution is -2.32. The fourth-order valence-corrected chi connectivity index (χ4v) is 1.03. The number of aliphatic imine (C=N–C) groups is 1. The molecule has 0 amide bonds. The van der Waals surface area contributed by atoms with E-state index < -0.39 is 0 Å². The van der Waals surface area contributed by atoms with Gasteiger partial charge in [-0.15, -0.1) is 30.4 Å². The van der Waals surface area contributed by atoms with E-state index in [2.05, 4.69) is 21.2 Å². The maximum absolute atomic E-state index is 5.55. The van der Waals surface area contributed by atoms with Crippen molar-refractivity contribution >= 4 is 29.9 Å². The number of nitrogens with zero attached hydrogens (tertiary/aromatic N) is 2. The Morgan fingerprint density at radius 3 is 3.00 bits per heavy atom. The molecule has 1 aromatic heterocycles. The first-order valence-electron chi connectivity index (χ1n) is 4.70. The molecule has 1 aromatic rings. The molecule has 0 saturated heterocycles. The molecular formula is C11H15IN4. The molecule has 0 radical (unpaired) electrons. The number of guanidine groups is 1. The fraction of sp³-hybridized carbons (Fsp3) is 0.273. The summed E-state index contributed by atoms with van der Waals surface area (Å²) < 4.78 is 0. The van der Waals surface area contributed by atoms with E-state index in [9.17, 15) is 0 Å². The smallest absolute Gasteiger partial charge is 0.189 e. The van der Waals surface area contributed by atoms with Gasteiger partial charge in [0.1, 0.15) is 0 Å². The molecule has 0 saturated carbocycles. The van der Waals surface area contributed by atoms with Crippen LogP contribution in [0.25, 0.3) is 0 Å². The molecule has 0 fully saturated rings. The van der Waals surface area contributed by atoms with E-state index in [1.165, 1.54) is 0 Å². The van der Waals surface area contributed by atoms with E-state index in [1.54, 1.807) is 6.20 Å². The first kappa shape index (κ1) is 14.7. The Kier molecular flexibility index (Phi) is 8.25. The maximum Gasteiger partial charge on any atom is 0.189 e. The molecular weight excluding hydrogens is 315 g/mol. The minimum Gasteiger partial charge on any atom is -0.370 e. The molecule has 0 unspecified atom stereocenters. The van der Waals surface area contributed by atoms with Gasteiger partial charge in [-0.25, -0.2) is 0 Å². The predicted molar refractivity (Wildman–Crippen MR) is 76.7 cm³/mol. The van der Waals surface area contributed by atoms with Crippen molar-refractivity contribution in [3.05, 3.63) is 30.1 Å². The van der Waals surface area contributed by atoms with Gasteiger partial charge < -0.3 is 11.1 Å². The highest BCUT2D eigenvalue weighted by atomic mass is 127. The lowest BCUT2D eigenvalue weighted by molar-refractivity contribution is 0.903. The average molecular weight is 330 g/mol. The Morgan fingerprint density at radius 1 is 1.56 bits per heavy atom. The molecule has 5 heteroatoms. The number of pyridine rings is 1. The molecule has 1 heterocycles. The SMILES string of the molecule is C#CCNC(N)=NCCc1ccccn1.I. The Hall–Kier alpha value is -1.29. The topological polar surface area (TPSA) is 63.3 Å². The summed E-state index contributed by atoms with van der Waals surface area (Å²) in [5, 5.41) is 2.79. The monoisotopic (exact) mass is 330 g/mol. The van der Waals surface area contributed by atoms with Crippen LogP contribution in [0.15, 0.2) is 29.4 Å². The van der Waals surface area contributed by atoms with Gasteiger partial charge in [-0.2, -0.15) is 0 Å². The molecule has 1 rings (SSSR count). The molecule has 86 valence electrons. The van der Waals surface area contributed by atoms with Crippen LogP contribution in [0.2, 0.25) is 0 Å². The second-order valence-electron chi connectivity index (χ2n) is 2.90. The molecule has 0 aliphatic rings. The number of aromatic nitrogens is 1. The Balaban J connectivity index is 0.00000225. The van der Waals surface area contributed by atoms with Gasteiger partial charge in [-0.05, 0) is 12.1 Å². The number of hydrogen-bond donors (Lipinski definition) is 2. The summed E-state index contributed by atoms with van der Waals surface area (Å²) in [7, 11) is 0. The Morgan fingerprint density at radius 2 is 2.38 bits per heavy atom. The lowest BCUT2D eigenvalue weighted by atomic mass is 10.3. The Labute approximate surface area is 113 Å². The molecule has 0 aromatic carbocycles. The molecule has 0 spiro atoms. The standard InChI is InChI=1S/C11H14N4.HI/c1-2-7-14-11(12)15-9-6-10-5-3-4-8-13-10;/h1,3-5,8H,6-7,9H2,(H3,12,14,15);1H. The van der Waals surface area contributed by atoms with Crippen molar-refractivity contribution in [2.75, 3.05) is 13.1 Å². The highest BCUT2D eigenvalue weighted by molar-refractivity contribution is 14.0. The van der Waals surface area contributed by atoms with Crippen LogP contribution in [0.1, 0.15) is 5.69 Å². The van der Waals surface area contributed by atoms with Gasteiger partial charge in [0, 0.05) is 24.9 Å². The largest absolute Gasteiger partial charge is 0.370 e. The number of nitrogens with two attached hydrogens (primary N) is 1. The predicted octanol–water partition coefficient (Wildman–Crippen LogP) is 0.780. The molecule has 4 nitrogen and oxygen atoms in total. The molecule has 3 N–H and O–H groups in total. The zero-order valence-corrected chi connectivity index (χ0v) is 11.2. The van der Waals surface area contributed by atoms with E-state index in [0.29, 0.717) is 19.0 Å². The second kappa shape index (κ2) is 8.97. The van der Waals surface area contributed by atoms with Crippen molar-refractivity contribution in [1.82, 2.24) is 10.3 Å². The highest BCUT2D eigenvalue weighted by Gasteiger charge is 1.92. The molecule has 0 aliphatic heterocycles. The van der Waals surface area contributed by atoms with Gasteiger partial charge in [0.25, 0.3) is 0 Å². The Bertz CT molecular complexity index is 356. The van der Waals surface area contributed by atoms with Gasteiger partial charge in [0.2, 0.25) is 0 Å². The molecule has 0 aliphatic carbocycles. The summed E-state index contributed by atoms with van der Waals surface area (Å²) in [4.78, 5) is 8.28. The van der Waals surface area contributed by atoms with Crippen LogP contribution < -0.4 is 11.1 Å². The van der Waals surface area contributed by atoms with Crippen LogP contribution >= 0.6 is 24.0 Å². The number of nitrogens with one attached hydrogen (secondary N) is 1. The van der Waals surface area contributed by atoms with Crippen molar-refractivity contribution in [2.24, 2.45) is 10.7 Å². The van der Waals surface area contributed by atoms with Crippen molar-refractivity contribution in [3.63, 3.8) is 0 Å². The quantitative estimate of drug-likeness (QED) is 0.371. The summed E-state index contributed by atoms with van der Waals surface area (Å²) in [6.07, 6.45) is 7.60. The zero-order valence-electron chi connectivity index (χ0n) is 8.89. The minimum absolute atomic E-state index is 0. The van der Waals surface area contributed by atoms with E-state index in [4.69, 9.17) is 12.2 Å². The number of rotatable bonds is 4. The normalized spacial score (nSPS) is 10.1.